The minimum Gasteiger partial charge on any atom is -0.303 e. The molecule has 0 atom stereocenters. The summed E-state index contributed by atoms with van der Waals surface area (Å²) < 4.78 is 0. The molecule has 0 unspecified atom stereocenters. The van der Waals surface area contributed by atoms with Gasteiger partial charge in [0.15, 0.2) is 0 Å². The molecule has 1 aliphatic rings. The highest BCUT2D eigenvalue weighted by atomic mass is 35.5. The van der Waals surface area contributed by atoms with E-state index in [0.717, 1.165) is 28.6 Å². The van der Waals surface area contributed by atoms with Crippen LogP contribution in [0.2, 0.25) is 10.0 Å². The van der Waals surface area contributed by atoms with Gasteiger partial charge < -0.3 is 4.90 Å². The highest BCUT2D eigenvalue weighted by molar-refractivity contribution is 6.36. The van der Waals surface area contributed by atoms with Gasteiger partial charge >= 0.3 is 0 Å². The van der Waals surface area contributed by atoms with E-state index in [0.29, 0.717) is 0 Å². The van der Waals surface area contributed by atoms with Gasteiger partial charge in [0.2, 0.25) is 0 Å². The van der Waals surface area contributed by atoms with Crippen LogP contribution in [0, 0.1) is 6.92 Å². The van der Waals surface area contributed by atoms with E-state index in [1.54, 1.807) is 0 Å². The van der Waals surface area contributed by atoms with E-state index in [-0.39, 0.29) is 0 Å². The quantitative estimate of drug-likeness (QED) is 0.793. The van der Waals surface area contributed by atoms with Gasteiger partial charge in [-0.1, -0.05) is 23.2 Å². The summed E-state index contributed by atoms with van der Waals surface area (Å²) >= 11 is 12.2. The van der Waals surface area contributed by atoms with Crippen LogP contribution < -0.4 is 0 Å². The van der Waals surface area contributed by atoms with Crippen LogP contribution >= 0.6 is 23.2 Å². The van der Waals surface area contributed by atoms with E-state index in [2.05, 4.69) is 4.90 Å². The van der Waals surface area contributed by atoms with Crippen molar-refractivity contribution in [1.82, 2.24) is 4.90 Å². The first-order valence-corrected chi connectivity index (χ1v) is 6.59. The Balaban J connectivity index is 1.98. The highest BCUT2D eigenvalue weighted by Gasteiger charge is 2.11. The average molecular weight is 258 g/mol. The molecule has 1 heterocycles. The van der Waals surface area contributed by atoms with Gasteiger partial charge in [0.25, 0.3) is 0 Å². The van der Waals surface area contributed by atoms with Crippen molar-refractivity contribution in [3.8, 4) is 0 Å². The van der Waals surface area contributed by atoms with Gasteiger partial charge in [0.05, 0.1) is 0 Å². The lowest BCUT2D eigenvalue weighted by Crippen LogP contribution is -2.21. The van der Waals surface area contributed by atoms with Crippen LogP contribution in [0.3, 0.4) is 0 Å². The minimum absolute atomic E-state index is 0.781. The molecule has 0 radical (unpaired) electrons. The molecule has 0 bridgehead atoms. The van der Waals surface area contributed by atoms with Crippen molar-refractivity contribution >= 4 is 23.2 Å². The summed E-state index contributed by atoms with van der Waals surface area (Å²) in [7, 11) is 0. The fourth-order valence-corrected chi connectivity index (χ4v) is 2.67. The molecule has 16 heavy (non-hydrogen) atoms. The Morgan fingerprint density at radius 2 is 1.69 bits per heavy atom. The Bertz CT molecular complexity index is 347. The first-order valence-electron chi connectivity index (χ1n) is 5.83. The third-order valence-electron chi connectivity index (χ3n) is 3.26. The lowest BCUT2D eigenvalue weighted by Gasteiger charge is -2.14. The first-order chi connectivity index (χ1) is 7.66. The van der Waals surface area contributed by atoms with Crippen LogP contribution in [0.4, 0.5) is 0 Å². The topological polar surface area (TPSA) is 3.24 Å². The van der Waals surface area contributed by atoms with E-state index in [1.165, 1.54) is 31.5 Å². The Kier molecular flexibility index (Phi) is 4.12. The lowest BCUT2D eigenvalue weighted by atomic mass is 10.1. The van der Waals surface area contributed by atoms with E-state index >= 15 is 0 Å². The number of benzene rings is 1. The molecule has 1 aromatic rings. The summed E-state index contributed by atoms with van der Waals surface area (Å²) in [5, 5.41) is 1.56. The molecule has 0 N–H and O–H groups in total. The number of likely N-dealkylation sites (tertiary alicyclic amines) is 1. The monoisotopic (exact) mass is 257 g/mol. The van der Waals surface area contributed by atoms with E-state index in [1.807, 2.05) is 19.1 Å². The molecule has 0 saturated carbocycles. The molecule has 1 nitrogen and oxygen atoms in total. The zero-order valence-corrected chi connectivity index (χ0v) is 11.1. The van der Waals surface area contributed by atoms with Gasteiger partial charge in [-0.15, -0.1) is 0 Å². The molecular weight excluding hydrogens is 241 g/mol. The predicted molar refractivity (Wildman–Crippen MR) is 70.6 cm³/mol. The Morgan fingerprint density at radius 1 is 1.12 bits per heavy atom. The minimum atomic E-state index is 0.781. The molecule has 0 spiro atoms. The van der Waals surface area contributed by atoms with Gasteiger partial charge in [-0.25, -0.2) is 0 Å². The van der Waals surface area contributed by atoms with Crippen LogP contribution in [0.1, 0.15) is 24.0 Å². The average Bonchev–Trinajstić information content (AvgIpc) is 2.75. The van der Waals surface area contributed by atoms with Gasteiger partial charge in [-0.3, -0.25) is 0 Å². The molecule has 1 aromatic carbocycles. The Hall–Kier alpha value is -0.240. The smallest absolute Gasteiger partial charge is 0.0452 e. The summed E-state index contributed by atoms with van der Waals surface area (Å²) in [6, 6.07) is 4.08. The number of hydrogen-bond donors (Lipinski definition) is 0. The fourth-order valence-electron chi connectivity index (χ4n) is 2.14. The zero-order valence-electron chi connectivity index (χ0n) is 9.60. The molecule has 1 saturated heterocycles. The maximum absolute atomic E-state index is 6.12. The van der Waals surface area contributed by atoms with Crippen LogP contribution in [0.15, 0.2) is 12.1 Å². The standard InChI is InChI=1S/C13H17Cl2N/c1-10-12(14)8-11(9-13(10)15)4-7-16-5-2-3-6-16/h8-9H,2-7H2,1H3. The number of hydrogen-bond acceptors (Lipinski definition) is 1. The second-order valence-electron chi connectivity index (χ2n) is 4.48. The Morgan fingerprint density at radius 3 is 2.25 bits per heavy atom. The normalized spacial score (nSPS) is 16.9. The second-order valence-corrected chi connectivity index (χ2v) is 5.30. The molecule has 1 aliphatic heterocycles. The maximum atomic E-state index is 6.12. The van der Waals surface area contributed by atoms with E-state index in [4.69, 9.17) is 23.2 Å². The van der Waals surface area contributed by atoms with Gasteiger partial charge in [-0.2, -0.15) is 0 Å². The van der Waals surface area contributed by atoms with Gasteiger partial charge in [0, 0.05) is 16.6 Å². The van der Waals surface area contributed by atoms with Crippen molar-refractivity contribution in [2.45, 2.75) is 26.2 Å². The summed E-state index contributed by atoms with van der Waals surface area (Å²) in [5.41, 5.74) is 2.22. The van der Waals surface area contributed by atoms with Crippen LogP contribution in [-0.4, -0.2) is 24.5 Å². The van der Waals surface area contributed by atoms with Crippen molar-refractivity contribution in [3.05, 3.63) is 33.3 Å². The van der Waals surface area contributed by atoms with E-state index in [9.17, 15) is 0 Å². The van der Waals surface area contributed by atoms with Crippen molar-refractivity contribution < 1.29 is 0 Å². The highest BCUT2D eigenvalue weighted by Crippen LogP contribution is 2.25. The second kappa shape index (κ2) is 5.39. The zero-order chi connectivity index (χ0) is 11.5. The molecule has 0 amide bonds. The first kappa shape index (κ1) is 12.2. The molecule has 2 rings (SSSR count). The van der Waals surface area contributed by atoms with Crippen molar-refractivity contribution in [2.24, 2.45) is 0 Å². The fraction of sp³-hybridized carbons (Fsp3) is 0.538. The SMILES string of the molecule is Cc1c(Cl)cc(CCN2CCCC2)cc1Cl. The molecular formula is C13H17Cl2N. The molecule has 3 heteroatoms. The third-order valence-corrected chi connectivity index (χ3v) is 4.04. The largest absolute Gasteiger partial charge is 0.303 e. The maximum Gasteiger partial charge on any atom is 0.0452 e. The molecule has 0 aliphatic carbocycles. The summed E-state index contributed by atoms with van der Waals surface area (Å²) in [6.07, 6.45) is 3.73. The molecule has 88 valence electrons. The summed E-state index contributed by atoms with van der Waals surface area (Å²) in [6.45, 7) is 5.56. The Labute approximate surface area is 107 Å². The lowest BCUT2D eigenvalue weighted by molar-refractivity contribution is 0.343. The molecule has 0 aromatic heterocycles. The van der Waals surface area contributed by atoms with Crippen molar-refractivity contribution in [3.63, 3.8) is 0 Å². The summed E-state index contributed by atoms with van der Waals surface area (Å²) in [4.78, 5) is 2.50. The van der Waals surface area contributed by atoms with Crippen molar-refractivity contribution in [2.75, 3.05) is 19.6 Å². The van der Waals surface area contributed by atoms with Crippen LogP contribution in [0.25, 0.3) is 0 Å². The number of halogens is 2. The van der Waals surface area contributed by atoms with Crippen LogP contribution in [0.5, 0.6) is 0 Å². The van der Waals surface area contributed by atoms with Gasteiger partial charge in [0.1, 0.15) is 0 Å². The summed E-state index contributed by atoms with van der Waals surface area (Å²) in [5.74, 6) is 0. The van der Waals surface area contributed by atoms with Crippen LogP contribution in [-0.2, 0) is 6.42 Å². The molecule has 1 fully saturated rings. The number of nitrogens with zero attached hydrogens (tertiary/aromatic N) is 1. The predicted octanol–water partition coefficient (Wildman–Crippen LogP) is 3.94. The van der Waals surface area contributed by atoms with E-state index < -0.39 is 0 Å². The number of rotatable bonds is 3. The van der Waals surface area contributed by atoms with Gasteiger partial charge in [-0.05, 0) is 62.5 Å². The third kappa shape index (κ3) is 2.91. The van der Waals surface area contributed by atoms with Crippen molar-refractivity contribution in [1.29, 1.82) is 0 Å².